The van der Waals surface area contributed by atoms with Gasteiger partial charge in [-0.1, -0.05) is 33.6 Å². The highest BCUT2D eigenvalue weighted by molar-refractivity contribution is 9.10. The Morgan fingerprint density at radius 3 is 2.43 bits per heavy atom. The number of amides is 1. The Morgan fingerprint density at radius 2 is 1.83 bits per heavy atom. The number of ether oxygens (including phenoxy) is 1. The summed E-state index contributed by atoms with van der Waals surface area (Å²) >= 11 is 9.41. The monoisotopic (exact) mass is 395 g/mol. The van der Waals surface area contributed by atoms with E-state index in [9.17, 15) is 9.59 Å². The molecule has 0 fully saturated rings. The first-order valence-electron chi connectivity index (χ1n) is 6.86. The van der Waals surface area contributed by atoms with Crippen molar-refractivity contribution >= 4 is 45.1 Å². The number of carbonyl (C=O) groups is 2. The van der Waals surface area contributed by atoms with Crippen molar-refractivity contribution in [3.63, 3.8) is 0 Å². The van der Waals surface area contributed by atoms with Gasteiger partial charge >= 0.3 is 5.97 Å². The summed E-state index contributed by atoms with van der Waals surface area (Å²) in [6.07, 6.45) is 0. The molecule has 0 aromatic heterocycles. The number of hydrogen-bond donors (Lipinski definition) is 1. The van der Waals surface area contributed by atoms with Crippen LogP contribution < -0.4 is 5.32 Å². The number of esters is 1. The molecule has 0 bridgehead atoms. The van der Waals surface area contributed by atoms with Crippen molar-refractivity contribution in [1.29, 1.82) is 0 Å². The molecule has 6 heteroatoms. The maximum atomic E-state index is 11.9. The SMILES string of the molecule is Cc1cc(C)c(NC(=O)COC(=O)c2ccc(Br)cc2)c(Cl)c1. The molecule has 0 aliphatic carbocycles. The van der Waals surface area contributed by atoms with Gasteiger partial charge in [0, 0.05) is 4.47 Å². The van der Waals surface area contributed by atoms with E-state index in [2.05, 4.69) is 21.2 Å². The van der Waals surface area contributed by atoms with Crippen LogP contribution in [-0.4, -0.2) is 18.5 Å². The lowest BCUT2D eigenvalue weighted by atomic mass is 10.1. The molecule has 4 nitrogen and oxygen atoms in total. The van der Waals surface area contributed by atoms with Crippen molar-refractivity contribution in [1.82, 2.24) is 0 Å². The smallest absolute Gasteiger partial charge is 0.338 e. The Morgan fingerprint density at radius 1 is 1.17 bits per heavy atom. The molecule has 0 aliphatic heterocycles. The molecule has 0 atom stereocenters. The number of anilines is 1. The molecule has 0 aliphatic rings. The second-order valence-corrected chi connectivity index (χ2v) is 6.39. The van der Waals surface area contributed by atoms with Gasteiger partial charge in [-0.25, -0.2) is 4.79 Å². The van der Waals surface area contributed by atoms with Gasteiger partial charge < -0.3 is 10.1 Å². The van der Waals surface area contributed by atoms with Crippen molar-refractivity contribution in [3.05, 3.63) is 62.6 Å². The normalized spacial score (nSPS) is 10.3. The summed E-state index contributed by atoms with van der Waals surface area (Å²) < 4.78 is 5.85. The van der Waals surface area contributed by atoms with Gasteiger partial charge in [0.1, 0.15) is 0 Å². The standard InChI is InChI=1S/C17H15BrClNO3/c1-10-7-11(2)16(14(19)8-10)20-15(21)9-23-17(22)12-3-5-13(18)6-4-12/h3-8H,9H2,1-2H3,(H,20,21). The molecule has 0 heterocycles. The predicted molar refractivity (Wildman–Crippen MR) is 94.0 cm³/mol. The third-order valence-electron chi connectivity index (χ3n) is 3.11. The summed E-state index contributed by atoms with van der Waals surface area (Å²) in [5, 5.41) is 3.12. The van der Waals surface area contributed by atoms with Crippen LogP contribution in [0.4, 0.5) is 5.69 Å². The van der Waals surface area contributed by atoms with Crippen LogP contribution in [0.15, 0.2) is 40.9 Å². The van der Waals surface area contributed by atoms with E-state index in [1.54, 1.807) is 30.3 Å². The van der Waals surface area contributed by atoms with Crippen LogP contribution in [0.3, 0.4) is 0 Å². The van der Waals surface area contributed by atoms with E-state index >= 15 is 0 Å². The minimum absolute atomic E-state index is 0.376. The van der Waals surface area contributed by atoms with Crippen molar-refractivity contribution < 1.29 is 14.3 Å². The zero-order chi connectivity index (χ0) is 17.0. The fourth-order valence-electron chi connectivity index (χ4n) is 2.05. The Kier molecular flexibility index (Phi) is 5.80. The number of nitrogens with one attached hydrogen (secondary N) is 1. The fourth-order valence-corrected chi connectivity index (χ4v) is 2.68. The molecule has 120 valence electrons. The van der Waals surface area contributed by atoms with E-state index in [0.717, 1.165) is 15.6 Å². The van der Waals surface area contributed by atoms with Gasteiger partial charge in [0.25, 0.3) is 5.91 Å². The summed E-state index contributed by atoms with van der Waals surface area (Å²) in [6.45, 7) is 3.39. The summed E-state index contributed by atoms with van der Waals surface area (Å²) in [5.41, 5.74) is 2.77. The molecular formula is C17H15BrClNO3. The van der Waals surface area contributed by atoms with Crippen LogP contribution in [0.2, 0.25) is 5.02 Å². The molecule has 2 rings (SSSR count). The molecule has 23 heavy (non-hydrogen) atoms. The van der Waals surface area contributed by atoms with E-state index in [-0.39, 0.29) is 6.61 Å². The van der Waals surface area contributed by atoms with Gasteiger partial charge in [-0.15, -0.1) is 0 Å². The second-order valence-electron chi connectivity index (χ2n) is 5.07. The Labute approximate surface area is 147 Å². The summed E-state index contributed by atoms with van der Waals surface area (Å²) in [4.78, 5) is 23.8. The van der Waals surface area contributed by atoms with E-state index in [1.165, 1.54) is 0 Å². The number of aryl methyl sites for hydroxylation is 2. The third kappa shape index (κ3) is 4.81. The first-order valence-corrected chi connectivity index (χ1v) is 8.03. The largest absolute Gasteiger partial charge is 0.452 e. The molecule has 0 spiro atoms. The Bertz CT molecular complexity index is 721. The zero-order valence-corrected chi connectivity index (χ0v) is 15.0. The topological polar surface area (TPSA) is 55.4 Å². The molecule has 2 aromatic rings. The van der Waals surface area contributed by atoms with Crippen LogP contribution >= 0.6 is 27.5 Å². The number of halogens is 2. The molecule has 1 N–H and O–H groups in total. The number of hydrogen-bond acceptors (Lipinski definition) is 3. The quantitative estimate of drug-likeness (QED) is 0.773. The van der Waals surface area contributed by atoms with Crippen LogP contribution in [-0.2, 0) is 9.53 Å². The van der Waals surface area contributed by atoms with Crippen molar-refractivity contribution in [2.24, 2.45) is 0 Å². The minimum atomic E-state index is -0.556. The summed E-state index contributed by atoms with van der Waals surface area (Å²) in [5.74, 6) is -0.997. The van der Waals surface area contributed by atoms with Crippen LogP contribution in [0.1, 0.15) is 21.5 Å². The van der Waals surface area contributed by atoms with Gasteiger partial charge in [-0.3, -0.25) is 4.79 Å². The highest BCUT2D eigenvalue weighted by atomic mass is 79.9. The second kappa shape index (κ2) is 7.62. The van der Waals surface area contributed by atoms with E-state index in [4.69, 9.17) is 16.3 Å². The zero-order valence-electron chi connectivity index (χ0n) is 12.7. The van der Waals surface area contributed by atoms with Crippen LogP contribution in [0.5, 0.6) is 0 Å². The first kappa shape index (κ1) is 17.5. The van der Waals surface area contributed by atoms with Gasteiger partial charge in [0.15, 0.2) is 6.61 Å². The lowest BCUT2D eigenvalue weighted by molar-refractivity contribution is -0.119. The minimum Gasteiger partial charge on any atom is -0.452 e. The molecule has 0 saturated carbocycles. The van der Waals surface area contributed by atoms with Gasteiger partial charge in [-0.05, 0) is 55.3 Å². The van der Waals surface area contributed by atoms with E-state index in [1.807, 2.05) is 19.9 Å². The average Bonchev–Trinajstić information content (AvgIpc) is 2.49. The number of rotatable bonds is 4. The third-order valence-corrected chi connectivity index (χ3v) is 3.94. The maximum Gasteiger partial charge on any atom is 0.338 e. The highest BCUT2D eigenvalue weighted by Crippen LogP contribution is 2.27. The Balaban J connectivity index is 1.95. The van der Waals surface area contributed by atoms with Crippen molar-refractivity contribution in [2.45, 2.75) is 13.8 Å². The van der Waals surface area contributed by atoms with Crippen molar-refractivity contribution in [3.8, 4) is 0 Å². The molecule has 0 saturated heterocycles. The Hall–Kier alpha value is -1.85. The molecule has 0 radical (unpaired) electrons. The lowest BCUT2D eigenvalue weighted by Gasteiger charge is -2.11. The fraction of sp³-hybridized carbons (Fsp3) is 0.176. The average molecular weight is 397 g/mol. The van der Waals surface area contributed by atoms with Crippen molar-refractivity contribution in [2.75, 3.05) is 11.9 Å². The van der Waals surface area contributed by atoms with Gasteiger partial charge in [-0.2, -0.15) is 0 Å². The highest BCUT2D eigenvalue weighted by Gasteiger charge is 2.13. The van der Waals surface area contributed by atoms with Gasteiger partial charge in [0.05, 0.1) is 16.3 Å². The van der Waals surface area contributed by atoms with Crippen LogP contribution in [0, 0.1) is 13.8 Å². The molecule has 1 amide bonds. The maximum absolute atomic E-state index is 11.9. The van der Waals surface area contributed by atoms with E-state index in [0.29, 0.717) is 16.3 Å². The molecule has 2 aromatic carbocycles. The van der Waals surface area contributed by atoms with Gasteiger partial charge in [0.2, 0.25) is 0 Å². The molecule has 0 unspecified atom stereocenters. The lowest BCUT2D eigenvalue weighted by Crippen LogP contribution is -2.21. The molecular weight excluding hydrogens is 382 g/mol. The first-order chi connectivity index (χ1) is 10.9. The number of carbonyl (C=O) groups excluding carboxylic acids is 2. The van der Waals surface area contributed by atoms with Crippen LogP contribution in [0.25, 0.3) is 0 Å². The summed E-state index contributed by atoms with van der Waals surface area (Å²) in [7, 11) is 0. The summed E-state index contributed by atoms with van der Waals surface area (Å²) in [6, 6.07) is 10.4. The predicted octanol–water partition coefficient (Wildman–Crippen LogP) is 4.51. The number of benzene rings is 2. The van der Waals surface area contributed by atoms with E-state index < -0.39 is 11.9 Å².